The Bertz CT molecular complexity index is 1030. The Morgan fingerprint density at radius 2 is 1.79 bits per heavy atom. The van der Waals surface area contributed by atoms with Gasteiger partial charge < -0.3 is 15.5 Å². The van der Waals surface area contributed by atoms with Gasteiger partial charge in [-0.25, -0.2) is 0 Å². The van der Waals surface area contributed by atoms with Gasteiger partial charge in [0.15, 0.2) is 0 Å². The van der Waals surface area contributed by atoms with Gasteiger partial charge in [-0.1, -0.05) is 50.3 Å². The second-order valence-corrected chi connectivity index (χ2v) is 8.46. The summed E-state index contributed by atoms with van der Waals surface area (Å²) in [5.41, 5.74) is 2.51. The SMILES string of the molecule is C=CC(C)(C)[C@@]12C[C@H]3C(=O)Nc4ccccc4C(=O)N3[C@@H]1Nc1ccccc12. The van der Waals surface area contributed by atoms with Gasteiger partial charge in [0.1, 0.15) is 12.2 Å². The normalized spacial score (nSPS) is 27.7. The Balaban J connectivity index is 1.74. The Labute approximate surface area is 164 Å². The molecule has 2 aromatic rings. The number of nitrogens with zero attached hydrogens (tertiary/aromatic N) is 1. The zero-order valence-electron chi connectivity index (χ0n) is 16.0. The van der Waals surface area contributed by atoms with Crippen LogP contribution in [0.1, 0.15) is 36.2 Å². The summed E-state index contributed by atoms with van der Waals surface area (Å²) in [5, 5.41) is 6.53. The number of allylic oxidation sites excluding steroid dienone is 1. The summed E-state index contributed by atoms with van der Waals surface area (Å²) in [6.07, 6.45) is 2.19. The van der Waals surface area contributed by atoms with E-state index in [1.165, 1.54) is 0 Å². The molecule has 0 aliphatic carbocycles. The molecule has 28 heavy (non-hydrogen) atoms. The molecule has 0 unspecified atom stereocenters. The second-order valence-electron chi connectivity index (χ2n) is 8.46. The molecular formula is C23H23N3O2. The van der Waals surface area contributed by atoms with Gasteiger partial charge in [-0.15, -0.1) is 6.58 Å². The molecule has 3 aliphatic heterocycles. The molecule has 5 rings (SSSR count). The van der Waals surface area contributed by atoms with E-state index in [-0.39, 0.29) is 23.4 Å². The highest BCUT2D eigenvalue weighted by Gasteiger charge is 2.66. The van der Waals surface area contributed by atoms with Crippen LogP contribution in [0.5, 0.6) is 0 Å². The van der Waals surface area contributed by atoms with Crippen LogP contribution in [0.25, 0.3) is 0 Å². The predicted molar refractivity (Wildman–Crippen MR) is 109 cm³/mol. The van der Waals surface area contributed by atoms with E-state index in [4.69, 9.17) is 0 Å². The fraction of sp³-hybridized carbons (Fsp3) is 0.304. The number of para-hydroxylation sites is 2. The third-order valence-electron chi connectivity index (χ3n) is 6.91. The van der Waals surface area contributed by atoms with E-state index in [2.05, 4.69) is 37.1 Å². The fourth-order valence-corrected chi connectivity index (χ4v) is 5.28. The Morgan fingerprint density at radius 1 is 1.11 bits per heavy atom. The molecule has 142 valence electrons. The molecule has 0 saturated carbocycles. The summed E-state index contributed by atoms with van der Waals surface area (Å²) in [7, 11) is 0. The van der Waals surface area contributed by atoms with Crippen molar-refractivity contribution < 1.29 is 9.59 Å². The lowest BCUT2D eigenvalue weighted by Crippen LogP contribution is -2.53. The van der Waals surface area contributed by atoms with Gasteiger partial charge in [-0.3, -0.25) is 9.59 Å². The molecule has 0 aromatic heterocycles. The third-order valence-corrected chi connectivity index (χ3v) is 6.91. The number of nitrogens with one attached hydrogen (secondary N) is 2. The van der Waals surface area contributed by atoms with Gasteiger partial charge in [0.05, 0.1) is 11.3 Å². The Hall–Kier alpha value is -3.08. The summed E-state index contributed by atoms with van der Waals surface area (Å²) in [6.45, 7) is 8.36. The van der Waals surface area contributed by atoms with Crippen LogP contribution in [0.3, 0.4) is 0 Å². The zero-order valence-corrected chi connectivity index (χ0v) is 16.0. The summed E-state index contributed by atoms with van der Waals surface area (Å²) >= 11 is 0. The first-order valence-electron chi connectivity index (χ1n) is 9.63. The van der Waals surface area contributed by atoms with Crippen molar-refractivity contribution in [3.8, 4) is 0 Å². The number of hydrogen-bond acceptors (Lipinski definition) is 3. The number of fused-ring (bicyclic) bond motifs is 6. The van der Waals surface area contributed by atoms with Crippen molar-refractivity contribution in [3.63, 3.8) is 0 Å². The van der Waals surface area contributed by atoms with Crippen molar-refractivity contribution in [2.45, 2.75) is 37.9 Å². The minimum absolute atomic E-state index is 0.119. The highest BCUT2D eigenvalue weighted by Crippen LogP contribution is 2.60. The maximum absolute atomic E-state index is 13.6. The lowest BCUT2D eigenvalue weighted by molar-refractivity contribution is -0.119. The van der Waals surface area contributed by atoms with Gasteiger partial charge in [0, 0.05) is 11.1 Å². The van der Waals surface area contributed by atoms with Crippen LogP contribution in [-0.2, 0) is 10.2 Å². The van der Waals surface area contributed by atoms with Gasteiger partial charge in [-0.05, 0) is 35.6 Å². The second kappa shape index (κ2) is 5.47. The first-order valence-corrected chi connectivity index (χ1v) is 9.63. The number of carbonyl (C=O) groups is 2. The lowest BCUT2D eigenvalue weighted by Gasteiger charge is -2.43. The number of carbonyl (C=O) groups excluding carboxylic acids is 2. The maximum Gasteiger partial charge on any atom is 0.258 e. The maximum atomic E-state index is 13.6. The molecule has 0 bridgehead atoms. The fourth-order valence-electron chi connectivity index (χ4n) is 5.28. The van der Waals surface area contributed by atoms with Crippen LogP contribution in [0.2, 0.25) is 0 Å². The van der Waals surface area contributed by atoms with E-state index >= 15 is 0 Å². The van der Waals surface area contributed by atoms with Crippen LogP contribution in [-0.4, -0.2) is 28.9 Å². The average molecular weight is 373 g/mol. The summed E-state index contributed by atoms with van der Waals surface area (Å²) in [4.78, 5) is 28.5. The van der Waals surface area contributed by atoms with Crippen molar-refractivity contribution >= 4 is 23.2 Å². The summed E-state index contributed by atoms with van der Waals surface area (Å²) in [6, 6.07) is 14.8. The monoisotopic (exact) mass is 373 g/mol. The quantitative estimate of drug-likeness (QED) is 0.788. The molecule has 5 heteroatoms. The Kier molecular flexibility index (Phi) is 3.33. The van der Waals surface area contributed by atoms with Crippen molar-refractivity contribution in [2.24, 2.45) is 5.41 Å². The number of anilines is 2. The van der Waals surface area contributed by atoms with E-state index in [1.807, 2.05) is 36.4 Å². The molecule has 3 aliphatic rings. The first-order chi connectivity index (χ1) is 13.4. The molecule has 2 aromatic carbocycles. The van der Waals surface area contributed by atoms with Crippen molar-refractivity contribution in [1.29, 1.82) is 0 Å². The molecule has 5 nitrogen and oxygen atoms in total. The molecule has 2 amide bonds. The average Bonchev–Trinajstić information content (AvgIpc) is 3.17. The highest BCUT2D eigenvalue weighted by atomic mass is 16.2. The predicted octanol–water partition coefficient (Wildman–Crippen LogP) is 3.76. The molecule has 3 atom stereocenters. The lowest BCUT2D eigenvalue weighted by atomic mass is 9.60. The van der Waals surface area contributed by atoms with E-state index in [0.717, 1.165) is 11.3 Å². The standard InChI is InChI=1S/C23H23N3O2/c1-4-22(2,3)23-13-18-19(27)24-16-11-7-5-9-14(16)20(28)26(18)21(23)25-17-12-8-6-10-15(17)23/h4-12,18,21,25H,1,13H2,2-3H3,(H,24,27)/t18-,21-,23+/m0/s1. The highest BCUT2D eigenvalue weighted by molar-refractivity contribution is 6.10. The van der Waals surface area contributed by atoms with E-state index in [1.54, 1.807) is 17.0 Å². The number of amides is 2. The molecule has 0 spiro atoms. The van der Waals surface area contributed by atoms with Gasteiger partial charge >= 0.3 is 0 Å². The number of rotatable bonds is 2. The van der Waals surface area contributed by atoms with Crippen LogP contribution in [0.15, 0.2) is 61.2 Å². The smallest absolute Gasteiger partial charge is 0.258 e. The number of benzene rings is 2. The molecule has 2 N–H and O–H groups in total. The Morgan fingerprint density at radius 3 is 2.54 bits per heavy atom. The van der Waals surface area contributed by atoms with Crippen molar-refractivity contribution in [2.75, 3.05) is 10.6 Å². The van der Waals surface area contributed by atoms with Crippen LogP contribution >= 0.6 is 0 Å². The van der Waals surface area contributed by atoms with Gasteiger partial charge in [-0.2, -0.15) is 0 Å². The molecular weight excluding hydrogens is 350 g/mol. The van der Waals surface area contributed by atoms with Crippen molar-refractivity contribution in [3.05, 3.63) is 72.3 Å². The third kappa shape index (κ3) is 1.91. The van der Waals surface area contributed by atoms with E-state index in [0.29, 0.717) is 17.7 Å². The molecule has 3 heterocycles. The largest absolute Gasteiger partial charge is 0.364 e. The van der Waals surface area contributed by atoms with Gasteiger partial charge in [0.2, 0.25) is 5.91 Å². The van der Waals surface area contributed by atoms with E-state index < -0.39 is 11.5 Å². The first kappa shape index (κ1) is 17.0. The molecule has 0 radical (unpaired) electrons. The van der Waals surface area contributed by atoms with Crippen LogP contribution in [0.4, 0.5) is 11.4 Å². The van der Waals surface area contributed by atoms with Crippen molar-refractivity contribution in [1.82, 2.24) is 4.90 Å². The minimum atomic E-state index is -0.537. The summed E-state index contributed by atoms with van der Waals surface area (Å²) in [5.74, 6) is -0.253. The number of hydrogen-bond donors (Lipinski definition) is 2. The minimum Gasteiger partial charge on any atom is -0.364 e. The summed E-state index contributed by atoms with van der Waals surface area (Å²) < 4.78 is 0. The molecule has 1 fully saturated rings. The van der Waals surface area contributed by atoms with Gasteiger partial charge in [0.25, 0.3) is 5.91 Å². The van der Waals surface area contributed by atoms with Crippen LogP contribution in [0, 0.1) is 5.41 Å². The zero-order chi connectivity index (χ0) is 19.7. The van der Waals surface area contributed by atoms with E-state index in [9.17, 15) is 9.59 Å². The van der Waals surface area contributed by atoms with Crippen LogP contribution < -0.4 is 10.6 Å². The molecule has 1 saturated heterocycles. The topological polar surface area (TPSA) is 61.4 Å².